The van der Waals surface area contributed by atoms with Crippen LogP contribution in [0.15, 0.2) is 39.8 Å². The van der Waals surface area contributed by atoms with E-state index in [0.717, 1.165) is 10.7 Å². The van der Waals surface area contributed by atoms with Crippen LogP contribution in [-0.2, 0) is 4.79 Å². The molecule has 0 radical (unpaired) electrons. The number of carbonyl (C=O) groups excluding carboxylic acids is 1. The van der Waals surface area contributed by atoms with Crippen molar-refractivity contribution in [2.24, 2.45) is 0 Å². The standard InChI is InChI=1S/C14H15ClN2O2S/c1-8-13(5-6-19-8)20-9(2)14(18)17-12-4-3-10(15)7-11(12)16/h3-7,9H,16H2,1-2H3,(H,17,18). The summed E-state index contributed by atoms with van der Waals surface area (Å²) in [5.74, 6) is 0.685. The Balaban J connectivity index is 2.02. The van der Waals surface area contributed by atoms with Crippen molar-refractivity contribution in [3.63, 3.8) is 0 Å². The predicted molar refractivity (Wildman–Crippen MR) is 83.3 cm³/mol. The monoisotopic (exact) mass is 310 g/mol. The Hall–Kier alpha value is -1.59. The SMILES string of the molecule is Cc1occc1SC(C)C(=O)Nc1ccc(Cl)cc1N. The first-order chi connectivity index (χ1) is 9.47. The van der Waals surface area contributed by atoms with Crippen molar-refractivity contribution in [3.05, 3.63) is 41.3 Å². The van der Waals surface area contributed by atoms with Gasteiger partial charge in [0.05, 0.1) is 22.9 Å². The fourth-order valence-electron chi connectivity index (χ4n) is 1.62. The van der Waals surface area contributed by atoms with Crippen molar-refractivity contribution in [2.45, 2.75) is 24.0 Å². The van der Waals surface area contributed by atoms with Crippen molar-refractivity contribution in [1.82, 2.24) is 0 Å². The average Bonchev–Trinajstić information content (AvgIpc) is 2.78. The molecular formula is C14H15ClN2O2S. The molecule has 1 unspecified atom stereocenters. The van der Waals surface area contributed by atoms with E-state index in [9.17, 15) is 4.79 Å². The molecule has 1 heterocycles. The van der Waals surface area contributed by atoms with E-state index in [1.807, 2.05) is 19.9 Å². The van der Waals surface area contributed by atoms with Gasteiger partial charge >= 0.3 is 0 Å². The summed E-state index contributed by atoms with van der Waals surface area (Å²) >= 11 is 7.26. The fourth-order valence-corrected chi connectivity index (χ4v) is 2.70. The molecule has 20 heavy (non-hydrogen) atoms. The minimum Gasteiger partial charge on any atom is -0.468 e. The highest BCUT2D eigenvalue weighted by Gasteiger charge is 2.17. The van der Waals surface area contributed by atoms with Gasteiger partial charge in [0.25, 0.3) is 0 Å². The van der Waals surface area contributed by atoms with Crippen LogP contribution in [-0.4, -0.2) is 11.2 Å². The Kier molecular flexibility index (Phi) is 4.62. The van der Waals surface area contributed by atoms with Gasteiger partial charge in [-0.05, 0) is 38.1 Å². The number of rotatable bonds is 4. The molecule has 1 aromatic heterocycles. The molecule has 4 nitrogen and oxygen atoms in total. The lowest BCUT2D eigenvalue weighted by Gasteiger charge is -2.13. The molecule has 1 atom stereocenters. The highest BCUT2D eigenvalue weighted by Crippen LogP contribution is 2.29. The lowest BCUT2D eigenvalue weighted by atomic mass is 10.2. The number of benzene rings is 1. The highest BCUT2D eigenvalue weighted by atomic mass is 35.5. The maximum atomic E-state index is 12.1. The van der Waals surface area contributed by atoms with Crippen LogP contribution in [0.4, 0.5) is 11.4 Å². The van der Waals surface area contributed by atoms with E-state index in [4.69, 9.17) is 21.8 Å². The van der Waals surface area contributed by atoms with E-state index < -0.39 is 0 Å². The number of nitrogen functional groups attached to an aromatic ring is 1. The summed E-state index contributed by atoms with van der Waals surface area (Å²) < 4.78 is 5.21. The number of hydrogen-bond acceptors (Lipinski definition) is 4. The number of nitrogens with two attached hydrogens (primary N) is 1. The molecule has 0 saturated heterocycles. The fraction of sp³-hybridized carbons (Fsp3) is 0.214. The van der Waals surface area contributed by atoms with E-state index in [2.05, 4.69) is 5.32 Å². The Morgan fingerprint density at radius 1 is 1.45 bits per heavy atom. The Morgan fingerprint density at radius 2 is 2.20 bits per heavy atom. The van der Waals surface area contributed by atoms with Gasteiger partial charge in [-0.2, -0.15) is 0 Å². The number of amides is 1. The molecule has 106 valence electrons. The average molecular weight is 311 g/mol. The van der Waals surface area contributed by atoms with Gasteiger partial charge in [-0.3, -0.25) is 4.79 Å². The van der Waals surface area contributed by atoms with Crippen LogP contribution in [0.25, 0.3) is 0 Å². The molecule has 2 aromatic rings. The molecule has 0 aliphatic rings. The smallest absolute Gasteiger partial charge is 0.237 e. The molecule has 1 amide bonds. The van der Waals surface area contributed by atoms with E-state index in [0.29, 0.717) is 16.4 Å². The number of hydrogen-bond donors (Lipinski definition) is 2. The number of nitrogens with one attached hydrogen (secondary N) is 1. The van der Waals surface area contributed by atoms with Crippen molar-refractivity contribution in [1.29, 1.82) is 0 Å². The zero-order chi connectivity index (χ0) is 14.7. The quantitative estimate of drug-likeness (QED) is 0.663. The number of aryl methyl sites for hydroxylation is 1. The molecule has 6 heteroatoms. The molecule has 0 spiro atoms. The minimum atomic E-state index is -0.263. The number of furan rings is 1. The molecule has 2 rings (SSSR count). The molecule has 0 saturated carbocycles. The normalized spacial score (nSPS) is 12.2. The predicted octanol–water partition coefficient (Wildman–Crippen LogP) is 3.94. The third-order valence-corrected chi connectivity index (χ3v) is 4.24. The van der Waals surface area contributed by atoms with Gasteiger partial charge in [0, 0.05) is 9.92 Å². The summed E-state index contributed by atoms with van der Waals surface area (Å²) in [6.07, 6.45) is 1.61. The summed E-state index contributed by atoms with van der Waals surface area (Å²) in [4.78, 5) is 13.1. The summed E-state index contributed by atoms with van der Waals surface area (Å²) in [5, 5.41) is 3.07. The van der Waals surface area contributed by atoms with Gasteiger partial charge < -0.3 is 15.5 Å². The van der Waals surface area contributed by atoms with E-state index in [-0.39, 0.29) is 11.2 Å². The van der Waals surface area contributed by atoms with Gasteiger partial charge in [-0.15, -0.1) is 11.8 Å². The van der Waals surface area contributed by atoms with Gasteiger partial charge in [0.2, 0.25) is 5.91 Å². The van der Waals surface area contributed by atoms with Gasteiger partial charge in [0.15, 0.2) is 0 Å². The first kappa shape index (κ1) is 14.8. The topological polar surface area (TPSA) is 68.3 Å². The van der Waals surface area contributed by atoms with Crippen LogP contribution in [0.1, 0.15) is 12.7 Å². The van der Waals surface area contributed by atoms with Gasteiger partial charge in [-0.1, -0.05) is 11.6 Å². The molecule has 0 aliphatic heterocycles. The summed E-state index contributed by atoms with van der Waals surface area (Å²) in [5.41, 5.74) is 6.82. The zero-order valence-electron chi connectivity index (χ0n) is 11.1. The summed E-state index contributed by atoms with van der Waals surface area (Å²) in [6.45, 7) is 3.70. The maximum Gasteiger partial charge on any atom is 0.237 e. The van der Waals surface area contributed by atoms with Crippen LogP contribution < -0.4 is 11.1 Å². The summed E-state index contributed by atoms with van der Waals surface area (Å²) in [6, 6.07) is 6.83. The third kappa shape index (κ3) is 3.49. The molecule has 3 N–H and O–H groups in total. The van der Waals surface area contributed by atoms with Crippen molar-refractivity contribution in [2.75, 3.05) is 11.1 Å². The second kappa shape index (κ2) is 6.24. The Bertz CT molecular complexity index is 627. The summed E-state index contributed by atoms with van der Waals surface area (Å²) in [7, 11) is 0. The lowest BCUT2D eigenvalue weighted by Crippen LogP contribution is -2.22. The van der Waals surface area contributed by atoms with Crippen LogP contribution in [0, 0.1) is 6.92 Å². The van der Waals surface area contributed by atoms with Crippen LogP contribution in [0.5, 0.6) is 0 Å². The highest BCUT2D eigenvalue weighted by molar-refractivity contribution is 8.00. The van der Waals surface area contributed by atoms with Crippen LogP contribution >= 0.6 is 23.4 Å². The first-order valence-electron chi connectivity index (χ1n) is 6.04. The number of anilines is 2. The van der Waals surface area contributed by atoms with Gasteiger partial charge in [-0.25, -0.2) is 0 Å². The Labute approximate surface area is 126 Å². The van der Waals surface area contributed by atoms with Crippen molar-refractivity contribution < 1.29 is 9.21 Å². The largest absolute Gasteiger partial charge is 0.468 e. The first-order valence-corrected chi connectivity index (χ1v) is 7.30. The number of thioether (sulfide) groups is 1. The van der Waals surface area contributed by atoms with E-state index in [1.54, 1.807) is 24.5 Å². The van der Waals surface area contributed by atoms with E-state index in [1.165, 1.54) is 11.8 Å². The van der Waals surface area contributed by atoms with Crippen LogP contribution in [0.3, 0.4) is 0 Å². The second-order valence-electron chi connectivity index (χ2n) is 4.32. The molecule has 1 aromatic carbocycles. The van der Waals surface area contributed by atoms with E-state index >= 15 is 0 Å². The molecule has 0 fully saturated rings. The lowest BCUT2D eigenvalue weighted by molar-refractivity contribution is -0.115. The third-order valence-electron chi connectivity index (χ3n) is 2.76. The zero-order valence-corrected chi connectivity index (χ0v) is 12.7. The molecule has 0 aliphatic carbocycles. The van der Waals surface area contributed by atoms with Crippen LogP contribution in [0.2, 0.25) is 5.02 Å². The van der Waals surface area contributed by atoms with Gasteiger partial charge in [0.1, 0.15) is 5.76 Å². The number of carbonyl (C=O) groups is 1. The number of halogens is 1. The second-order valence-corrected chi connectivity index (χ2v) is 6.14. The minimum absolute atomic E-state index is 0.121. The van der Waals surface area contributed by atoms with Crippen molar-refractivity contribution in [3.8, 4) is 0 Å². The molecule has 0 bridgehead atoms. The van der Waals surface area contributed by atoms with Crippen molar-refractivity contribution >= 4 is 40.6 Å². The Morgan fingerprint density at radius 3 is 2.80 bits per heavy atom. The molecular weight excluding hydrogens is 296 g/mol. The maximum absolute atomic E-state index is 12.1.